The number of carbonyl (C=O) groups is 2. The fraction of sp³-hybridized carbons (Fsp3) is 0.125. The van der Waals surface area contributed by atoms with Crippen LogP contribution >= 0.6 is 11.6 Å². The van der Waals surface area contributed by atoms with Gasteiger partial charge in [0, 0.05) is 17.8 Å². The van der Waals surface area contributed by atoms with Crippen LogP contribution < -0.4 is 10.6 Å². The molecule has 2 aromatic rings. The predicted molar refractivity (Wildman–Crippen MR) is 82.4 cm³/mol. The lowest BCUT2D eigenvalue weighted by Gasteiger charge is -2.25. The van der Waals surface area contributed by atoms with Gasteiger partial charge in [0.15, 0.2) is 0 Å². The number of fused-ring (bicyclic) bond motifs is 1. The Bertz CT molecular complexity index is 811. The molecule has 0 fully saturated rings. The van der Waals surface area contributed by atoms with E-state index >= 15 is 0 Å². The van der Waals surface area contributed by atoms with Gasteiger partial charge >= 0.3 is 0 Å². The number of anilines is 2. The summed E-state index contributed by atoms with van der Waals surface area (Å²) in [5.41, 5.74) is 1.12. The first-order valence-electron chi connectivity index (χ1n) is 6.79. The quantitative estimate of drug-likeness (QED) is 0.879. The van der Waals surface area contributed by atoms with Crippen LogP contribution in [0.1, 0.15) is 17.9 Å². The minimum absolute atomic E-state index is 0.0562. The monoisotopic (exact) mass is 336 g/mol. The molecule has 0 bridgehead atoms. The van der Waals surface area contributed by atoms with Gasteiger partial charge in [-0.15, -0.1) is 0 Å². The molecule has 7 heteroatoms. The summed E-state index contributed by atoms with van der Waals surface area (Å²) in [5.74, 6) is -2.68. The zero-order valence-electron chi connectivity index (χ0n) is 11.7. The van der Waals surface area contributed by atoms with E-state index in [-0.39, 0.29) is 23.0 Å². The maximum absolute atomic E-state index is 13.3. The molecular weight excluding hydrogens is 326 g/mol. The number of carbonyl (C=O) groups excluding carboxylic acids is 2. The van der Waals surface area contributed by atoms with E-state index in [1.54, 1.807) is 0 Å². The second kappa shape index (κ2) is 5.96. The first-order valence-corrected chi connectivity index (χ1v) is 7.17. The van der Waals surface area contributed by atoms with Gasteiger partial charge in [0.05, 0.1) is 10.9 Å². The molecule has 118 valence electrons. The molecule has 0 aliphatic carbocycles. The zero-order chi connectivity index (χ0) is 16.6. The lowest BCUT2D eigenvalue weighted by Crippen LogP contribution is -2.30. The molecule has 4 nitrogen and oxygen atoms in total. The van der Waals surface area contributed by atoms with Gasteiger partial charge in [-0.05, 0) is 35.9 Å². The number of halogens is 3. The summed E-state index contributed by atoms with van der Waals surface area (Å²) in [6.07, 6.45) is -0.0562. The van der Waals surface area contributed by atoms with E-state index in [9.17, 15) is 18.4 Å². The van der Waals surface area contributed by atoms with Crippen molar-refractivity contribution in [3.05, 3.63) is 58.6 Å². The molecule has 0 spiro atoms. The lowest BCUT2D eigenvalue weighted by molar-refractivity contribution is -0.123. The summed E-state index contributed by atoms with van der Waals surface area (Å²) >= 11 is 5.67. The Morgan fingerprint density at radius 3 is 2.74 bits per heavy atom. The van der Waals surface area contributed by atoms with Crippen molar-refractivity contribution in [1.82, 2.24) is 0 Å². The molecule has 0 saturated carbocycles. The Kier molecular flexibility index (Phi) is 4.00. The SMILES string of the molecule is O=C1C[C@@H](C(=O)Nc2ccc(F)c(Cl)c2)c2ccc(F)cc2N1. The predicted octanol–water partition coefficient (Wildman–Crippen LogP) is 3.68. The molecule has 23 heavy (non-hydrogen) atoms. The first kappa shape index (κ1) is 15.4. The Hall–Kier alpha value is -2.47. The third kappa shape index (κ3) is 3.17. The van der Waals surface area contributed by atoms with Gasteiger partial charge in [-0.1, -0.05) is 17.7 Å². The highest BCUT2D eigenvalue weighted by Gasteiger charge is 2.31. The Morgan fingerprint density at radius 2 is 2.00 bits per heavy atom. The molecule has 3 rings (SSSR count). The van der Waals surface area contributed by atoms with Crippen molar-refractivity contribution in [2.45, 2.75) is 12.3 Å². The van der Waals surface area contributed by atoms with E-state index in [1.807, 2.05) is 0 Å². The largest absolute Gasteiger partial charge is 0.326 e. The highest BCUT2D eigenvalue weighted by Crippen LogP contribution is 2.33. The number of benzene rings is 2. The number of hydrogen-bond acceptors (Lipinski definition) is 2. The second-order valence-electron chi connectivity index (χ2n) is 5.15. The van der Waals surface area contributed by atoms with E-state index in [2.05, 4.69) is 10.6 Å². The number of hydrogen-bond donors (Lipinski definition) is 2. The van der Waals surface area contributed by atoms with Gasteiger partial charge in [-0.3, -0.25) is 9.59 Å². The molecule has 1 aliphatic heterocycles. The molecular formula is C16H11ClF2N2O2. The molecule has 0 saturated heterocycles. The van der Waals surface area contributed by atoms with Crippen molar-refractivity contribution in [3.63, 3.8) is 0 Å². The molecule has 2 N–H and O–H groups in total. The molecule has 2 aromatic carbocycles. The summed E-state index contributed by atoms with van der Waals surface area (Å²) in [7, 11) is 0. The normalized spacial score (nSPS) is 16.5. The van der Waals surface area contributed by atoms with Gasteiger partial charge in [0.2, 0.25) is 11.8 Å². The van der Waals surface area contributed by atoms with E-state index in [1.165, 1.54) is 30.3 Å². The van der Waals surface area contributed by atoms with Gasteiger partial charge in [-0.25, -0.2) is 8.78 Å². The van der Waals surface area contributed by atoms with Crippen LogP contribution in [0.15, 0.2) is 36.4 Å². The average molecular weight is 337 g/mol. The van der Waals surface area contributed by atoms with E-state index in [4.69, 9.17) is 11.6 Å². The molecule has 0 radical (unpaired) electrons. The third-order valence-electron chi connectivity index (χ3n) is 3.56. The smallest absolute Gasteiger partial charge is 0.232 e. The topological polar surface area (TPSA) is 58.2 Å². The van der Waals surface area contributed by atoms with Crippen molar-refractivity contribution in [3.8, 4) is 0 Å². The van der Waals surface area contributed by atoms with Gasteiger partial charge in [0.25, 0.3) is 0 Å². The Balaban J connectivity index is 1.87. The maximum Gasteiger partial charge on any atom is 0.232 e. The summed E-state index contributed by atoms with van der Waals surface area (Å²) in [5, 5.41) is 5.01. The fourth-order valence-electron chi connectivity index (χ4n) is 2.47. The minimum atomic E-state index is -0.761. The molecule has 2 amide bonds. The van der Waals surface area contributed by atoms with Crippen LogP contribution in [0.2, 0.25) is 5.02 Å². The summed E-state index contributed by atoms with van der Waals surface area (Å²) in [6, 6.07) is 7.64. The van der Waals surface area contributed by atoms with Crippen LogP contribution in [0.3, 0.4) is 0 Å². The average Bonchev–Trinajstić information content (AvgIpc) is 2.49. The van der Waals surface area contributed by atoms with Crippen molar-refractivity contribution in [1.29, 1.82) is 0 Å². The van der Waals surface area contributed by atoms with E-state index < -0.39 is 23.5 Å². The molecule has 0 unspecified atom stereocenters. The van der Waals surface area contributed by atoms with E-state index in [0.717, 1.165) is 6.07 Å². The van der Waals surface area contributed by atoms with Crippen LogP contribution in [-0.2, 0) is 9.59 Å². The van der Waals surface area contributed by atoms with Crippen molar-refractivity contribution < 1.29 is 18.4 Å². The van der Waals surface area contributed by atoms with Gasteiger partial charge in [-0.2, -0.15) is 0 Å². The first-order chi connectivity index (χ1) is 10.9. The number of rotatable bonds is 2. The standard InChI is InChI=1S/C16H11ClF2N2O2/c17-12-6-9(2-4-13(12)19)20-16(23)11-7-15(22)21-14-5-8(18)1-3-10(11)14/h1-6,11H,7H2,(H,20,23)(H,21,22)/t11-/m1/s1. The number of nitrogens with one attached hydrogen (secondary N) is 2. The minimum Gasteiger partial charge on any atom is -0.326 e. The van der Waals surface area contributed by atoms with Crippen LogP contribution in [0, 0.1) is 11.6 Å². The zero-order valence-corrected chi connectivity index (χ0v) is 12.5. The fourth-order valence-corrected chi connectivity index (χ4v) is 2.65. The Labute approximate surface area is 135 Å². The van der Waals surface area contributed by atoms with Gasteiger partial charge in [0.1, 0.15) is 11.6 Å². The highest BCUT2D eigenvalue weighted by molar-refractivity contribution is 6.31. The van der Waals surface area contributed by atoms with Gasteiger partial charge < -0.3 is 10.6 Å². The van der Waals surface area contributed by atoms with E-state index in [0.29, 0.717) is 11.3 Å². The number of amides is 2. The Morgan fingerprint density at radius 1 is 1.22 bits per heavy atom. The van der Waals surface area contributed by atoms with Crippen LogP contribution in [0.25, 0.3) is 0 Å². The van der Waals surface area contributed by atoms with Crippen LogP contribution in [0.4, 0.5) is 20.2 Å². The summed E-state index contributed by atoms with van der Waals surface area (Å²) < 4.78 is 26.4. The molecule has 1 aliphatic rings. The van der Waals surface area contributed by atoms with Crippen LogP contribution in [-0.4, -0.2) is 11.8 Å². The molecule has 1 heterocycles. The molecule has 0 aromatic heterocycles. The highest BCUT2D eigenvalue weighted by atomic mass is 35.5. The third-order valence-corrected chi connectivity index (χ3v) is 3.85. The summed E-state index contributed by atoms with van der Waals surface area (Å²) in [6.45, 7) is 0. The van der Waals surface area contributed by atoms with Crippen molar-refractivity contribution >= 4 is 34.8 Å². The maximum atomic E-state index is 13.3. The van der Waals surface area contributed by atoms with Crippen molar-refractivity contribution in [2.75, 3.05) is 10.6 Å². The lowest BCUT2D eigenvalue weighted by atomic mass is 9.89. The van der Waals surface area contributed by atoms with Crippen molar-refractivity contribution in [2.24, 2.45) is 0 Å². The molecule has 1 atom stereocenters. The summed E-state index contributed by atoms with van der Waals surface area (Å²) in [4.78, 5) is 24.2. The van der Waals surface area contributed by atoms with Crippen LogP contribution in [0.5, 0.6) is 0 Å². The second-order valence-corrected chi connectivity index (χ2v) is 5.56.